The molecule has 1 atom stereocenters. The molecule has 0 bridgehead atoms. The predicted molar refractivity (Wildman–Crippen MR) is 125 cm³/mol. The van der Waals surface area contributed by atoms with Crippen LogP contribution in [0.4, 0.5) is 0 Å². The molecular formula is C24H24ClN5O3. The first-order valence-electron chi connectivity index (χ1n) is 10.3. The molecule has 1 amide bonds. The summed E-state index contributed by atoms with van der Waals surface area (Å²) in [6.07, 6.45) is 6.75. The number of aryl methyl sites for hydroxylation is 1. The van der Waals surface area contributed by atoms with Gasteiger partial charge < -0.3 is 19.4 Å². The van der Waals surface area contributed by atoms with E-state index in [1.807, 2.05) is 54.2 Å². The number of halogens is 1. The van der Waals surface area contributed by atoms with Crippen molar-refractivity contribution in [3.63, 3.8) is 0 Å². The maximum absolute atomic E-state index is 13.2. The van der Waals surface area contributed by atoms with Crippen LogP contribution in [-0.4, -0.2) is 39.5 Å². The Labute approximate surface area is 196 Å². The quantitative estimate of drug-likeness (QED) is 0.427. The molecule has 8 nitrogen and oxygen atoms in total. The Morgan fingerprint density at radius 3 is 2.52 bits per heavy atom. The van der Waals surface area contributed by atoms with Gasteiger partial charge in [-0.1, -0.05) is 29.8 Å². The molecule has 9 heteroatoms. The average molecular weight is 466 g/mol. The fraction of sp³-hybridized carbons (Fsp3) is 0.208. The summed E-state index contributed by atoms with van der Waals surface area (Å²) in [5, 5.41) is 8.05. The van der Waals surface area contributed by atoms with Crippen molar-refractivity contribution >= 4 is 17.5 Å². The van der Waals surface area contributed by atoms with E-state index in [1.54, 1.807) is 37.4 Å². The molecule has 33 heavy (non-hydrogen) atoms. The zero-order valence-electron chi connectivity index (χ0n) is 18.5. The van der Waals surface area contributed by atoms with Gasteiger partial charge in [0, 0.05) is 36.7 Å². The first kappa shape index (κ1) is 22.4. The van der Waals surface area contributed by atoms with Gasteiger partial charge in [-0.25, -0.2) is 4.98 Å². The van der Waals surface area contributed by atoms with Crippen LogP contribution in [0.15, 0.2) is 67.3 Å². The lowest BCUT2D eigenvalue weighted by Gasteiger charge is -2.20. The van der Waals surface area contributed by atoms with Crippen molar-refractivity contribution in [2.75, 3.05) is 14.2 Å². The minimum absolute atomic E-state index is 0.282. The van der Waals surface area contributed by atoms with Crippen LogP contribution < -0.4 is 14.8 Å². The smallest absolute Gasteiger partial charge is 0.255 e. The Morgan fingerprint density at radius 1 is 1.15 bits per heavy atom. The highest BCUT2D eigenvalue weighted by molar-refractivity contribution is 6.31. The third-order valence-electron chi connectivity index (χ3n) is 5.28. The van der Waals surface area contributed by atoms with Gasteiger partial charge in [-0.15, -0.1) is 0 Å². The zero-order valence-corrected chi connectivity index (χ0v) is 19.3. The summed E-state index contributed by atoms with van der Waals surface area (Å²) < 4.78 is 14.4. The molecule has 2 aromatic heterocycles. The Hall–Kier alpha value is -3.78. The molecule has 170 valence electrons. The average Bonchev–Trinajstić information content (AvgIpc) is 3.47. The number of hydrogen-bond acceptors (Lipinski definition) is 5. The van der Waals surface area contributed by atoms with Gasteiger partial charge in [0.2, 0.25) is 0 Å². The first-order valence-corrected chi connectivity index (χ1v) is 10.6. The second-order valence-corrected chi connectivity index (χ2v) is 7.87. The van der Waals surface area contributed by atoms with Crippen molar-refractivity contribution < 1.29 is 14.3 Å². The van der Waals surface area contributed by atoms with Crippen LogP contribution in [0.3, 0.4) is 0 Å². The maximum atomic E-state index is 13.2. The Balaban J connectivity index is 1.61. The molecule has 0 fully saturated rings. The fourth-order valence-electron chi connectivity index (χ4n) is 3.53. The number of hydrogen-bond donors (Lipinski definition) is 1. The van der Waals surface area contributed by atoms with Gasteiger partial charge in [-0.05, 0) is 29.3 Å². The van der Waals surface area contributed by atoms with Gasteiger partial charge in [0.25, 0.3) is 5.91 Å². The molecule has 2 heterocycles. The number of rotatable bonds is 8. The molecule has 0 aliphatic rings. The van der Waals surface area contributed by atoms with Crippen molar-refractivity contribution in [1.29, 1.82) is 0 Å². The summed E-state index contributed by atoms with van der Waals surface area (Å²) in [5.74, 6) is 1.62. The van der Waals surface area contributed by atoms with Crippen molar-refractivity contribution in [3.8, 4) is 11.5 Å². The largest absolute Gasteiger partial charge is 0.497 e. The third-order valence-corrected chi connectivity index (χ3v) is 5.65. The second kappa shape index (κ2) is 9.79. The lowest BCUT2D eigenvalue weighted by atomic mass is 10.0. The summed E-state index contributed by atoms with van der Waals surface area (Å²) in [7, 11) is 5.04. The molecule has 0 aliphatic heterocycles. The van der Waals surface area contributed by atoms with Gasteiger partial charge in [0.1, 0.15) is 23.4 Å². The molecule has 2 aromatic carbocycles. The summed E-state index contributed by atoms with van der Waals surface area (Å²) in [6.45, 7) is 0.461. The summed E-state index contributed by atoms with van der Waals surface area (Å²) in [4.78, 5) is 17.6. The normalized spacial score (nSPS) is 11.8. The fourth-order valence-corrected chi connectivity index (χ4v) is 3.73. The number of ether oxygens (including phenoxy) is 2. The number of amides is 1. The summed E-state index contributed by atoms with van der Waals surface area (Å²) >= 11 is 6.25. The van der Waals surface area contributed by atoms with Crippen molar-refractivity contribution in [3.05, 3.63) is 94.8 Å². The van der Waals surface area contributed by atoms with Gasteiger partial charge in [-0.2, -0.15) is 5.10 Å². The third kappa shape index (κ3) is 5.01. The van der Waals surface area contributed by atoms with E-state index in [2.05, 4.69) is 15.4 Å². The van der Waals surface area contributed by atoms with Crippen LogP contribution in [0, 0.1) is 0 Å². The van der Waals surface area contributed by atoms with Crippen molar-refractivity contribution in [1.82, 2.24) is 24.6 Å². The topological polar surface area (TPSA) is 83.2 Å². The number of benzene rings is 2. The van der Waals surface area contributed by atoms with Gasteiger partial charge in [-0.3, -0.25) is 9.48 Å². The standard InChI is InChI=1S/C24H24ClN5O3/c1-29-9-8-26-23(29)22(17-10-19(32-2)12-20(11-17)33-3)28-24(31)18-13-27-30(15-18)14-16-6-4-5-7-21(16)25/h4-13,15,22H,14H2,1-3H3,(H,28,31). The number of nitrogens with one attached hydrogen (secondary N) is 1. The van der Waals surface area contributed by atoms with E-state index >= 15 is 0 Å². The van der Waals surface area contributed by atoms with Gasteiger partial charge >= 0.3 is 0 Å². The van der Waals surface area contributed by atoms with Crippen molar-refractivity contribution in [2.24, 2.45) is 7.05 Å². The second-order valence-electron chi connectivity index (χ2n) is 7.47. The molecule has 0 radical (unpaired) electrons. The highest BCUT2D eigenvalue weighted by atomic mass is 35.5. The van der Waals surface area contributed by atoms with Crippen LogP contribution in [-0.2, 0) is 13.6 Å². The predicted octanol–water partition coefficient (Wildman–Crippen LogP) is 3.85. The molecule has 0 saturated carbocycles. The molecule has 0 aliphatic carbocycles. The minimum Gasteiger partial charge on any atom is -0.497 e. The van der Waals surface area contributed by atoms with E-state index in [9.17, 15) is 4.79 Å². The number of methoxy groups -OCH3 is 2. The Bertz CT molecular complexity index is 1240. The molecule has 0 saturated heterocycles. The number of carbonyl (C=O) groups excluding carboxylic acids is 1. The van der Waals surface area contributed by atoms with E-state index in [4.69, 9.17) is 21.1 Å². The highest BCUT2D eigenvalue weighted by Crippen LogP contribution is 2.29. The molecule has 0 spiro atoms. The molecule has 1 N–H and O–H groups in total. The van der Waals surface area contributed by atoms with Crippen LogP contribution in [0.5, 0.6) is 11.5 Å². The molecule has 4 aromatic rings. The van der Waals surface area contributed by atoms with E-state index < -0.39 is 6.04 Å². The Kier molecular flexibility index (Phi) is 6.65. The number of nitrogens with zero attached hydrogens (tertiary/aromatic N) is 4. The van der Waals surface area contributed by atoms with Crippen LogP contribution in [0.1, 0.15) is 33.4 Å². The van der Waals surface area contributed by atoms with E-state index in [0.717, 1.165) is 11.1 Å². The molecule has 1 unspecified atom stereocenters. The van der Waals surface area contributed by atoms with Crippen LogP contribution >= 0.6 is 11.6 Å². The lowest BCUT2D eigenvalue weighted by Crippen LogP contribution is -2.31. The van der Waals surface area contributed by atoms with E-state index in [-0.39, 0.29) is 5.91 Å². The zero-order chi connectivity index (χ0) is 23.4. The van der Waals surface area contributed by atoms with Crippen molar-refractivity contribution in [2.45, 2.75) is 12.6 Å². The molecule has 4 rings (SSSR count). The van der Waals surface area contributed by atoms with Gasteiger partial charge in [0.15, 0.2) is 0 Å². The monoisotopic (exact) mass is 465 g/mol. The van der Waals surface area contributed by atoms with E-state index in [1.165, 1.54) is 6.20 Å². The SMILES string of the molecule is COc1cc(OC)cc(C(NC(=O)c2cnn(Cc3ccccc3Cl)c2)c2nccn2C)c1. The van der Waals surface area contributed by atoms with Crippen LogP contribution in [0.25, 0.3) is 0 Å². The summed E-state index contributed by atoms with van der Waals surface area (Å²) in [6, 6.07) is 12.5. The number of aromatic nitrogens is 4. The number of imidazole rings is 1. The van der Waals surface area contributed by atoms with Gasteiger partial charge in [0.05, 0.1) is 32.5 Å². The van der Waals surface area contributed by atoms with E-state index in [0.29, 0.717) is 34.5 Å². The highest BCUT2D eigenvalue weighted by Gasteiger charge is 2.23. The molecular weight excluding hydrogens is 442 g/mol. The summed E-state index contributed by atoms with van der Waals surface area (Å²) in [5.41, 5.74) is 2.12. The Morgan fingerprint density at radius 2 is 1.88 bits per heavy atom. The van der Waals surface area contributed by atoms with Crippen LogP contribution in [0.2, 0.25) is 5.02 Å². The first-order chi connectivity index (χ1) is 16.0. The minimum atomic E-state index is -0.534. The number of carbonyl (C=O) groups is 1. The lowest BCUT2D eigenvalue weighted by molar-refractivity contribution is 0.0941. The maximum Gasteiger partial charge on any atom is 0.255 e.